The Hall–Kier alpha value is -3.64. The third kappa shape index (κ3) is 10.9. The Morgan fingerprint density at radius 2 is 0.764 bits per heavy atom. The molecule has 10 aromatic rings. The standard InChI is InChI=1S/C57H62N6S8Si/c1-4-7-10-13-14-15-16-17-20-31-72-48-32-46(38-34-58-52(54-50(38)60-70-62-54)44-29-27-42(66-44)40-25-23-36(64-40)21-18-11-8-5-2)68-56(48)57-49(72)33-47(69-57)39-35-59-53(55-51(39)61-71-63-55)45-30-28-43(67-45)41-26-24-37(65-41)22-19-12-9-6-3/h23-30,32-35,72H,4-22,31H2,1-3H3. The number of unbranched alkanes of at least 4 members (excludes halogenated alkanes) is 14. The second-order valence-corrected chi connectivity index (χ2v) is 30.0. The van der Waals surface area contributed by atoms with E-state index in [4.69, 9.17) is 27.5 Å². The second kappa shape index (κ2) is 23.9. The van der Waals surface area contributed by atoms with E-state index in [-0.39, 0.29) is 0 Å². The first-order chi connectivity index (χ1) is 35.6. The van der Waals surface area contributed by atoms with E-state index in [9.17, 15) is 0 Å². The molecule has 0 N–H and O–H groups in total. The van der Waals surface area contributed by atoms with Crippen molar-refractivity contribution in [2.75, 3.05) is 0 Å². The molecule has 0 aromatic carbocycles. The molecular formula is C57H62N6S8Si. The van der Waals surface area contributed by atoms with Crippen molar-refractivity contribution in [2.45, 2.75) is 149 Å². The maximum Gasteiger partial charge on any atom is 0.132 e. The van der Waals surface area contributed by atoms with Gasteiger partial charge in [-0.25, -0.2) is 0 Å². The second-order valence-electron chi connectivity index (χ2n) is 19.4. The summed E-state index contributed by atoms with van der Waals surface area (Å²) in [6.07, 6.45) is 29.0. The van der Waals surface area contributed by atoms with Crippen LogP contribution < -0.4 is 10.4 Å². The van der Waals surface area contributed by atoms with Gasteiger partial charge < -0.3 is 0 Å². The fourth-order valence-corrected chi connectivity index (χ4v) is 23.0. The van der Waals surface area contributed by atoms with Crippen LogP contribution in [0.2, 0.25) is 6.04 Å². The highest BCUT2D eigenvalue weighted by molar-refractivity contribution is 7.30. The maximum absolute atomic E-state index is 5.19. The van der Waals surface area contributed by atoms with Gasteiger partial charge in [0.2, 0.25) is 0 Å². The molecule has 0 amide bonds. The van der Waals surface area contributed by atoms with Crippen LogP contribution in [-0.4, -0.2) is 36.3 Å². The number of pyridine rings is 2. The number of hydrogen-bond donors (Lipinski definition) is 0. The molecule has 0 atom stereocenters. The molecule has 6 nitrogen and oxygen atoms in total. The summed E-state index contributed by atoms with van der Waals surface area (Å²) in [5.74, 6) is 0. The molecule has 11 rings (SSSR count). The smallest absolute Gasteiger partial charge is 0.132 e. The molecule has 11 heterocycles. The Balaban J connectivity index is 0.863. The van der Waals surface area contributed by atoms with Gasteiger partial charge in [0.05, 0.1) is 33.2 Å². The zero-order valence-corrected chi connectivity index (χ0v) is 49.3. The predicted octanol–water partition coefficient (Wildman–Crippen LogP) is 19.0. The summed E-state index contributed by atoms with van der Waals surface area (Å²) in [5, 5.41) is 3.20. The van der Waals surface area contributed by atoms with Crippen LogP contribution in [0.25, 0.3) is 93.4 Å². The molecule has 15 heteroatoms. The quantitative estimate of drug-likeness (QED) is 0.0397. The summed E-state index contributed by atoms with van der Waals surface area (Å²) in [7, 11) is -1.52. The number of rotatable bonds is 26. The Labute approximate surface area is 459 Å². The molecule has 0 fully saturated rings. The van der Waals surface area contributed by atoms with Crippen molar-refractivity contribution in [1.29, 1.82) is 0 Å². The van der Waals surface area contributed by atoms with Gasteiger partial charge in [-0.3, -0.25) is 9.97 Å². The van der Waals surface area contributed by atoms with Gasteiger partial charge in [0, 0.05) is 72.3 Å². The topological polar surface area (TPSA) is 77.3 Å². The lowest BCUT2D eigenvalue weighted by Crippen LogP contribution is -2.36. The van der Waals surface area contributed by atoms with Gasteiger partial charge in [-0.2, -0.15) is 17.5 Å². The number of nitrogens with zero attached hydrogens (tertiary/aromatic N) is 6. The molecule has 10 aromatic heterocycles. The van der Waals surface area contributed by atoms with Gasteiger partial charge in [-0.05, 0) is 96.7 Å². The lowest BCUT2D eigenvalue weighted by atomic mass is 10.1. The molecule has 0 aliphatic carbocycles. The first-order valence-corrected chi connectivity index (χ1v) is 34.8. The van der Waals surface area contributed by atoms with Crippen LogP contribution in [-0.2, 0) is 12.8 Å². The predicted molar refractivity (Wildman–Crippen MR) is 323 cm³/mol. The highest BCUT2D eigenvalue weighted by Gasteiger charge is 2.36. The van der Waals surface area contributed by atoms with E-state index in [0.717, 1.165) is 54.3 Å². The van der Waals surface area contributed by atoms with Gasteiger partial charge >= 0.3 is 0 Å². The first kappa shape index (κ1) is 50.5. The summed E-state index contributed by atoms with van der Waals surface area (Å²) >= 11 is 14.0. The van der Waals surface area contributed by atoms with Crippen LogP contribution in [0.4, 0.5) is 0 Å². The molecule has 72 heavy (non-hydrogen) atoms. The van der Waals surface area contributed by atoms with Crippen LogP contribution in [0, 0.1) is 0 Å². The zero-order valence-electron chi connectivity index (χ0n) is 41.6. The minimum absolute atomic E-state index is 0.911. The fraction of sp³-hybridized carbons (Fsp3) is 0.404. The first-order valence-electron chi connectivity index (χ1n) is 26.5. The average Bonchev–Trinajstić information content (AvgIpc) is 4.25. The molecule has 1 aliphatic rings. The fourth-order valence-electron chi connectivity index (χ4n) is 10.3. The Bertz CT molecular complexity index is 3170. The van der Waals surface area contributed by atoms with Crippen LogP contribution in [0.3, 0.4) is 0 Å². The largest absolute Gasteiger partial charge is 0.252 e. The van der Waals surface area contributed by atoms with Gasteiger partial charge in [-0.15, -0.1) is 68.0 Å². The van der Waals surface area contributed by atoms with Crippen LogP contribution in [0.5, 0.6) is 0 Å². The number of fused-ring (bicyclic) bond motifs is 5. The van der Waals surface area contributed by atoms with Crippen molar-refractivity contribution in [3.8, 4) is 71.3 Å². The normalized spacial score (nSPS) is 12.6. The van der Waals surface area contributed by atoms with Crippen molar-refractivity contribution >= 4 is 133 Å². The third-order valence-corrected chi connectivity index (χ3v) is 26.5. The van der Waals surface area contributed by atoms with Crippen molar-refractivity contribution < 1.29 is 0 Å². The Morgan fingerprint density at radius 3 is 1.24 bits per heavy atom. The molecule has 372 valence electrons. The molecule has 1 aliphatic heterocycles. The van der Waals surface area contributed by atoms with E-state index in [2.05, 4.69) is 93.8 Å². The SMILES string of the molecule is CCCCCCCCCCC[SiH]1c2cc(-c3cnc(-c4ccc(-c5ccc(CCCCCC)s5)s4)c4nsnc34)sc2-c2sc(-c3cnc(-c4ccc(-c5ccc(CCCCCC)s5)s4)c4nsnc34)cc21. The van der Waals surface area contributed by atoms with Gasteiger partial charge in [-0.1, -0.05) is 123 Å². The Kier molecular flexibility index (Phi) is 16.8. The van der Waals surface area contributed by atoms with Crippen LogP contribution >= 0.6 is 91.5 Å². The van der Waals surface area contributed by atoms with E-state index < -0.39 is 8.80 Å². The zero-order chi connectivity index (χ0) is 48.8. The molecule has 0 spiro atoms. The minimum Gasteiger partial charge on any atom is -0.252 e. The molecule has 0 bridgehead atoms. The average molecular weight is 1120 g/mol. The van der Waals surface area contributed by atoms with E-state index in [1.807, 2.05) is 68.0 Å². The van der Waals surface area contributed by atoms with Crippen molar-refractivity contribution in [2.24, 2.45) is 0 Å². The van der Waals surface area contributed by atoms with Gasteiger partial charge in [0.15, 0.2) is 0 Å². The summed E-state index contributed by atoms with van der Waals surface area (Å²) < 4.78 is 19.7. The lowest BCUT2D eigenvalue weighted by molar-refractivity contribution is 0.572. The molecule has 0 unspecified atom stereocenters. The summed E-state index contributed by atoms with van der Waals surface area (Å²) in [6, 6.07) is 24.6. The van der Waals surface area contributed by atoms with E-state index in [1.165, 1.54) is 200 Å². The maximum atomic E-state index is 5.19. The van der Waals surface area contributed by atoms with Crippen molar-refractivity contribution in [3.63, 3.8) is 0 Å². The summed E-state index contributed by atoms with van der Waals surface area (Å²) in [4.78, 5) is 26.4. The minimum atomic E-state index is -1.52. The van der Waals surface area contributed by atoms with E-state index in [1.54, 1.807) is 10.4 Å². The number of aromatic nitrogens is 6. The van der Waals surface area contributed by atoms with Gasteiger partial charge in [0.1, 0.15) is 42.3 Å². The van der Waals surface area contributed by atoms with E-state index in [0.29, 0.717) is 0 Å². The van der Waals surface area contributed by atoms with E-state index >= 15 is 0 Å². The Morgan fingerprint density at radius 1 is 0.375 bits per heavy atom. The molecule has 0 radical (unpaired) electrons. The van der Waals surface area contributed by atoms with Crippen molar-refractivity contribution in [1.82, 2.24) is 27.5 Å². The molecule has 0 saturated carbocycles. The molecular weight excluding hydrogens is 1050 g/mol. The number of thiophene rings is 6. The molecule has 0 saturated heterocycles. The lowest BCUT2D eigenvalue weighted by Gasteiger charge is -2.10. The monoisotopic (exact) mass is 1110 g/mol. The highest BCUT2D eigenvalue weighted by atomic mass is 32.1. The third-order valence-electron chi connectivity index (χ3n) is 14.2. The van der Waals surface area contributed by atoms with Crippen LogP contribution in [0.1, 0.15) is 140 Å². The number of hydrogen-bond acceptors (Lipinski definition) is 14. The van der Waals surface area contributed by atoms with Gasteiger partial charge in [0.25, 0.3) is 0 Å². The van der Waals surface area contributed by atoms with Crippen LogP contribution in [0.15, 0.2) is 73.1 Å². The highest BCUT2D eigenvalue weighted by Crippen LogP contribution is 2.47. The summed E-state index contributed by atoms with van der Waals surface area (Å²) in [5.41, 5.74) is 7.84. The number of aryl methyl sites for hydroxylation is 2. The van der Waals surface area contributed by atoms with Crippen molar-refractivity contribution in [3.05, 3.63) is 82.8 Å². The summed E-state index contributed by atoms with van der Waals surface area (Å²) in [6.45, 7) is 6.86.